The summed E-state index contributed by atoms with van der Waals surface area (Å²) in [5, 5.41) is 12.6. The fourth-order valence-corrected chi connectivity index (χ4v) is 3.84. The summed E-state index contributed by atoms with van der Waals surface area (Å²) in [6, 6.07) is 2.41. The number of nitrogens with zero attached hydrogens (tertiary/aromatic N) is 1. The number of methoxy groups -OCH3 is 1. The van der Waals surface area contributed by atoms with Crippen LogP contribution in [-0.4, -0.2) is 43.8 Å². The van der Waals surface area contributed by atoms with E-state index in [9.17, 15) is 23.1 Å². The van der Waals surface area contributed by atoms with Gasteiger partial charge >= 0.3 is 5.97 Å². The van der Waals surface area contributed by atoms with E-state index in [1.165, 1.54) is 19.2 Å². The number of carboxylic acids is 1. The third kappa shape index (κ3) is 3.08. The highest BCUT2D eigenvalue weighted by Crippen LogP contribution is 2.44. The number of sulfone groups is 1. The number of aromatic nitrogens is 1. The Balaban J connectivity index is 2.18. The lowest BCUT2D eigenvalue weighted by Gasteiger charge is -2.12. The molecule has 0 saturated heterocycles. The fourth-order valence-electron chi connectivity index (χ4n) is 2.62. The first-order valence-electron chi connectivity index (χ1n) is 7.51. The minimum atomic E-state index is -3.64. The molecule has 0 unspecified atom stereocenters. The van der Waals surface area contributed by atoms with Crippen molar-refractivity contribution >= 4 is 33.2 Å². The van der Waals surface area contributed by atoms with Gasteiger partial charge in [0.1, 0.15) is 10.5 Å². The number of ether oxygens (including phenoxy) is 1. The summed E-state index contributed by atoms with van der Waals surface area (Å²) in [7, 11) is -2.42. The van der Waals surface area contributed by atoms with Gasteiger partial charge in [0, 0.05) is 17.7 Å². The van der Waals surface area contributed by atoms with E-state index >= 15 is 0 Å². The molecule has 0 amide bonds. The number of benzene rings is 1. The van der Waals surface area contributed by atoms with E-state index in [0.717, 1.165) is 19.1 Å². The topological polar surface area (TPSA) is 124 Å². The summed E-state index contributed by atoms with van der Waals surface area (Å²) in [6.07, 6.45) is 2.51. The lowest BCUT2D eigenvalue weighted by atomic mass is 9.99. The highest BCUT2D eigenvalue weighted by molar-refractivity contribution is 7.90. The molecule has 0 atom stereocenters. The van der Waals surface area contributed by atoms with Crippen LogP contribution in [0.1, 0.15) is 50.9 Å². The molecule has 26 heavy (non-hydrogen) atoms. The highest BCUT2D eigenvalue weighted by atomic mass is 35.5. The van der Waals surface area contributed by atoms with Crippen LogP contribution in [0, 0.1) is 0 Å². The molecule has 0 bridgehead atoms. The van der Waals surface area contributed by atoms with Crippen LogP contribution < -0.4 is 4.74 Å². The Morgan fingerprint density at radius 2 is 2.00 bits per heavy atom. The molecule has 1 fully saturated rings. The Kier molecular flexibility index (Phi) is 4.53. The molecule has 0 aliphatic heterocycles. The van der Waals surface area contributed by atoms with Gasteiger partial charge in [-0.1, -0.05) is 16.8 Å². The van der Waals surface area contributed by atoms with Crippen molar-refractivity contribution in [2.45, 2.75) is 23.7 Å². The van der Waals surface area contributed by atoms with Crippen molar-refractivity contribution in [1.82, 2.24) is 5.16 Å². The zero-order valence-corrected chi connectivity index (χ0v) is 15.3. The van der Waals surface area contributed by atoms with Crippen LogP contribution in [0.3, 0.4) is 0 Å². The highest BCUT2D eigenvalue weighted by Gasteiger charge is 2.38. The second kappa shape index (κ2) is 6.40. The first-order chi connectivity index (χ1) is 12.2. The average Bonchev–Trinajstić information content (AvgIpc) is 3.30. The summed E-state index contributed by atoms with van der Waals surface area (Å²) in [5.74, 6) is -2.16. The molecule has 1 heterocycles. The molecule has 1 saturated carbocycles. The molecule has 0 spiro atoms. The monoisotopic (exact) mass is 399 g/mol. The van der Waals surface area contributed by atoms with Gasteiger partial charge in [-0.15, -0.1) is 0 Å². The largest absolute Gasteiger partial charge is 0.494 e. The van der Waals surface area contributed by atoms with E-state index in [2.05, 4.69) is 5.16 Å². The molecule has 138 valence electrons. The Morgan fingerprint density at radius 1 is 1.35 bits per heavy atom. The van der Waals surface area contributed by atoms with Gasteiger partial charge in [-0.05, 0) is 25.0 Å². The van der Waals surface area contributed by atoms with Crippen molar-refractivity contribution in [1.29, 1.82) is 0 Å². The van der Waals surface area contributed by atoms with E-state index < -0.39 is 27.3 Å². The first kappa shape index (κ1) is 18.4. The Morgan fingerprint density at radius 3 is 2.50 bits per heavy atom. The zero-order chi connectivity index (χ0) is 19.2. The van der Waals surface area contributed by atoms with Gasteiger partial charge in [0.25, 0.3) is 0 Å². The van der Waals surface area contributed by atoms with E-state index in [-0.39, 0.29) is 38.5 Å². The zero-order valence-electron chi connectivity index (χ0n) is 13.8. The second-order valence-corrected chi connectivity index (χ2v) is 8.27. The maximum Gasteiger partial charge on any atom is 0.358 e. The smallest absolute Gasteiger partial charge is 0.358 e. The van der Waals surface area contributed by atoms with Crippen molar-refractivity contribution in [3.05, 3.63) is 39.7 Å². The molecule has 1 aromatic heterocycles. The number of halogens is 1. The number of hydrogen-bond acceptors (Lipinski definition) is 7. The maximum atomic E-state index is 13.0. The van der Waals surface area contributed by atoms with Crippen LogP contribution in [0.25, 0.3) is 0 Å². The van der Waals surface area contributed by atoms with Gasteiger partial charge in [-0.25, -0.2) is 13.2 Å². The standard InChI is InChI=1S/C16H14ClNO7S/c1-24-15-9(26(2,22)23)6-5-8(11(15)17)13(19)10-12(16(20)21)18-25-14(10)7-3-4-7/h5-7H,3-4H2,1-2H3,(H,20,21). The van der Waals surface area contributed by atoms with Crippen LogP contribution in [0.15, 0.2) is 21.6 Å². The molecule has 1 N–H and O–H groups in total. The molecule has 1 aromatic carbocycles. The number of hydrogen-bond donors (Lipinski definition) is 1. The Hall–Kier alpha value is -2.39. The number of carboxylic acid groups (broad SMARTS) is 1. The van der Waals surface area contributed by atoms with Gasteiger partial charge in [-0.3, -0.25) is 4.79 Å². The van der Waals surface area contributed by atoms with Crippen LogP contribution in [0.4, 0.5) is 0 Å². The van der Waals surface area contributed by atoms with Crippen molar-refractivity contribution in [2.75, 3.05) is 13.4 Å². The quantitative estimate of drug-likeness (QED) is 0.735. The van der Waals surface area contributed by atoms with Crippen molar-refractivity contribution < 1.29 is 32.4 Å². The van der Waals surface area contributed by atoms with Crippen molar-refractivity contribution in [3.8, 4) is 5.75 Å². The Labute approximate surface area is 153 Å². The van der Waals surface area contributed by atoms with Crippen LogP contribution >= 0.6 is 11.6 Å². The predicted molar refractivity (Wildman–Crippen MR) is 90.0 cm³/mol. The molecule has 3 rings (SSSR count). The molecule has 1 aliphatic carbocycles. The molecule has 8 nitrogen and oxygen atoms in total. The molecule has 1 aliphatic rings. The fraction of sp³-hybridized carbons (Fsp3) is 0.312. The summed E-state index contributed by atoms with van der Waals surface area (Å²) >= 11 is 6.20. The van der Waals surface area contributed by atoms with Crippen LogP contribution in [0.2, 0.25) is 5.02 Å². The maximum absolute atomic E-state index is 13.0. The van der Waals surface area contributed by atoms with E-state index in [0.29, 0.717) is 0 Å². The number of aromatic carboxylic acids is 1. The van der Waals surface area contributed by atoms with Crippen molar-refractivity contribution in [2.24, 2.45) is 0 Å². The first-order valence-corrected chi connectivity index (χ1v) is 9.77. The lowest BCUT2D eigenvalue weighted by molar-refractivity contribution is 0.0682. The average molecular weight is 400 g/mol. The number of ketones is 1. The molecule has 0 radical (unpaired) electrons. The Bertz CT molecular complexity index is 1020. The van der Waals surface area contributed by atoms with Crippen LogP contribution in [-0.2, 0) is 9.84 Å². The van der Waals surface area contributed by atoms with Gasteiger partial charge in [0.15, 0.2) is 21.3 Å². The molecular formula is C16H14ClNO7S. The summed E-state index contributed by atoms with van der Waals surface area (Å²) < 4.78 is 33.8. The minimum Gasteiger partial charge on any atom is -0.494 e. The number of rotatable bonds is 6. The lowest BCUT2D eigenvalue weighted by Crippen LogP contribution is -2.12. The number of carbonyl (C=O) groups is 2. The van der Waals surface area contributed by atoms with E-state index in [4.69, 9.17) is 20.9 Å². The summed E-state index contributed by atoms with van der Waals surface area (Å²) in [5.41, 5.74) is -0.765. The molecular weight excluding hydrogens is 386 g/mol. The third-order valence-corrected chi connectivity index (χ3v) is 5.50. The normalized spacial score (nSPS) is 14.3. The van der Waals surface area contributed by atoms with Gasteiger partial charge in [-0.2, -0.15) is 0 Å². The third-order valence-electron chi connectivity index (χ3n) is 4.01. The van der Waals surface area contributed by atoms with Gasteiger partial charge < -0.3 is 14.4 Å². The SMILES string of the molecule is COc1c(S(C)(=O)=O)ccc(C(=O)c2c(C(=O)O)noc2C2CC2)c1Cl. The summed E-state index contributed by atoms with van der Waals surface area (Å²) in [6.45, 7) is 0. The van der Waals surface area contributed by atoms with Gasteiger partial charge in [0.2, 0.25) is 11.5 Å². The van der Waals surface area contributed by atoms with Gasteiger partial charge in [0.05, 0.1) is 12.1 Å². The predicted octanol–water partition coefficient (Wildman–Crippen LogP) is 2.55. The van der Waals surface area contributed by atoms with E-state index in [1.54, 1.807) is 0 Å². The molecule has 10 heteroatoms. The molecule has 2 aromatic rings. The van der Waals surface area contributed by atoms with E-state index in [1.807, 2.05) is 0 Å². The summed E-state index contributed by atoms with van der Waals surface area (Å²) in [4.78, 5) is 24.2. The number of carbonyl (C=O) groups excluding carboxylic acids is 1. The minimum absolute atomic E-state index is 0.0643. The van der Waals surface area contributed by atoms with Crippen LogP contribution in [0.5, 0.6) is 5.75 Å². The van der Waals surface area contributed by atoms with Crippen molar-refractivity contribution in [3.63, 3.8) is 0 Å². The second-order valence-electron chi connectivity index (χ2n) is 5.91.